The average Bonchev–Trinajstić information content (AvgIpc) is 2.42. The number of carbonyl (C=O) groups excluding carboxylic acids is 1. The molecule has 0 saturated heterocycles. The van der Waals surface area contributed by atoms with Gasteiger partial charge in [0.25, 0.3) is 5.91 Å². The molecule has 4 nitrogen and oxygen atoms in total. The Labute approximate surface area is 121 Å². The maximum atomic E-state index is 11.8. The van der Waals surface area contributed by atoms with Crippen molar-refractivity contribution in [3.63, 3.8) is 0 Å². The first-order valence-electron chi connectivity index (χ1n) is 5.82. The molecule has 0 fully saturated rings. The van der Waals surface area contributed by atoms with E-state index in [1.807, 2.05) is 32.1 Å². The van der Waals surface area contributed by atoms with Crippen LogP contribution in [-0.4, -0.2) is 25.8 Å². The molecular formula is C13H13BBrN3O. The third-order valence-electron chi connectivity index (χ3n) is 2.66. The van der Waals surface area contributed by atoms with Gasteiger partial charge in [0.15, 0.2) is 7.85 Å². The number of carbonyl (C=O) groups is 1. The normalized spacial score (nSPS) is 10.0. The number of amides is 1. The van der Waals surface area contributed by atoms with Crippen molar-refractivity contribution >= 4 is 46.7 Å². The quantitative estimate of drug-likeness (QED) is 0.837. The van der Waals surface area contributed by atoms with Gasteiger partial charge in [0.05, 0.1) is 21.4 Å². The monoisotopic (exact) mass is 317 g/mol. The number of benzene rings is 1. The number of nitrogens with zero attached hydrogens (tertiary/aromatic N) is 1. The van der Waals surface area contributed by atoms with Crippen molar-refractivity contribution in [3.8, 4) is 0 Å². The van der Waals surface area contributed by atoms with E-state index in [4.69, 9.17) is 0 Å². The summed E-state index contributed by atoms with van der Waals surface area (Å²) in [5.41, 5.74) is 3.14. The van der Waals surface area contributed by atoms with Crippen molar-refractivity contribution in [2.24, 2.45) is 0 Å². The number of nitrogens with one attached hydrogen (secondary N) is 2. The molecule has 0 aliphatic carbocycles. The van der Waals surface area contributed by atoms with Crippen LogP contribution in [0.15, 0.2) is 41.0 Å². The lowest BCUT2D eigenvalue weighted by Gasteiger charge is -2.12. The van der Waals surface area contributed by atoms with Crippen LogP contribution in [0.2, 0.25) is 0 Å². The van der Waals surface area contributed by atoms with E-state index in [0.717, 1.165) is 21.4 Å². The minimum atomic E-state index is -0.120. The second-order valence-electron chi connectivity index (χ2n) is 4.06. The van der Waals surface area contributed by atoms with Crippen LogP contribution in [0.5, 0.6) is 0 Å². The molecule has 1 amide bonds. The SMILES string of the molecule is Bc1cc(Nc2ccccc2C(=O)NC)c(Br)cn1. The zero-order chi connectivity index (χ0) is 13.8. The number of halogens is 1. The first-order chi connectivity index (χ1) is 9.11. The first kappa shape index (κ1) is 13.6. The van der Waals surface area contributed by atoms with Crippen molar-refractivity contribution < 1.29 is 4.79 Å². The van der Waals surface area contributed by atoms with Gasteiger partial charge >= 0.3 is 0 Å². The molecule has 6 heteroatoms. The number of anilines is 2. The summed E-state index contributed by atoms with van der Waals surface area (Å²) >= 11 is 3.44. The molecule has 2 aromatic rings. The molecular weight excluding hydrogens is 305 g/mol. The van der Waals surface area contributed by atoms with Crippen LogP contribution in [0.4, 0.5) is 11.4 Å². The molecule has 0 aliphatic rings. The Balaban J connectivity index is 2.38. The van der Waals surface area contributed by atoms with E-state index < -0.39 is 0 Å². The molecule has 0 unspecified atom stereocenters. The minimum Gasteiger partial charge on any atom is -0.355 e. The fourth-order valence-electron chi connectivity index (χ4n) is 1.71. The maximum absolute atomic E-state index is 11.8. The second kappa shape index (κ2) is 5.88. The van der Waals surface area contributed by atoms with E-state index in [1.165, 1.54) is 0 Å². The van der Waals surface area contributed by atoms with E-state index >= 15 is 0 Å². The van der Waals surface area contributed by atoms with Gasteiger partial charge in [0, 0.05) is 13.2 Å². The predicted molar refractivity (Wildman–Crippen MR) is 83.2 cm³/mol. The van der Waals surface area contributed by atoms with Crippen molar-refractivity contribution in [3.05, 3.63) is 46.6 Å². The topological polar surface area (TPSA) is 54.0 Å². The van der Waals surface area contributed by atoms with Gasteiger partial charge in [-0.25, -0.2) is 0 Å². The van der Waals surface area contributed by atoms with Crippen molar-refractivity contribution in [2.75, 3.05) is 12.4 Å². The van der Waals surface area contributed by atoms with Crippen LogP contribution in [0.1, 0.15) is 10.4 Å². The predicted octanol–water partition coefficient (Wildman–Crippen LogP) is 1.21. The molecule has 96 valence electrons. The van der Waals surface area contributed by atoms with Crippen molar-refractivity contribution in [2.45, 2.75) is 0 Å². The van der Waals surface area contributed by atoms with Gasteiger partial charge in [-0.1, -0.05) is 12.1 Å². The van der Waals surface area contributed by atoms with Gasteiger partial charge < -0.3 is 10.6 Å². The molecule has 0 atom stereocenters. The highest BCUT2D eigenvalue weighted by Crippen LogP contribution is 2.25. The summed E-state index contributed by atoms with van der Waals surface area (Å²) in [7, 11) is 3.54. The summed E-state index contributed by atoms with van der Waals surface area (Å²) in [6, 6.07) is 9.29. The van der Waals surface area contributed by atoms with Gasteiger partial charge in [0.1, 0.15) is 0 Å². The van der Waals surface area contributed by atoms with Crippen molar-refractivity contribution in [1.82, 2.24) is 10.3 Å². The standard InChI is InChI=1S/C13H13BBrN3O/c1-16-13(19)8-4-2-3-5-10(8)18-11-6-12(14)17-7-9(11)15/h2-7H,14H2,1H3,(H,16,19)(H,17,18). The van der Waals surface area contributed by atoms with Gasteiger partial charge in [-0.3, -0.25) is 9.78 Å². The molecule has 1 aromatic carbocycles. The highest BCUT2D eigenvalue weighted by Gasteiger charge is 2.10. The Morgan fingerprint density at radius 1 is 1.32 bits per heavy atom. The number of hydrogen-bond acceptors (Lipinski definition) is 3. The Kier molecular flexibility index (Phi) is 4.22. The largest absolute Gasteiger partial charge is 0.355 e. The van der Waals surface area contributed by atoms with Crippen LogP contribution in [0.25, 0.3) is 0 Å². The third kappa shape index (κ3) is 3.14. The minimum absolute atomic E-state index is 0.120. The van der Waals surface area contributed by atoms with Crippen molar-refractivity contribution in [1.29, 1.82) is 0 Å². The number of para-hydroxylation sites is 1. The molecule has 1 heterocycles. The lowest BCUT2D eigenvalue weighted by Crippen LogP contribution is -2.19. The van der Waals surface area contributed by atoms with Gasteiger partial charge in [-0.05, 0) is 39.7 Å². The molecule has 0 bridgehead atoms. The van der Waals surface area contributed by atoms with Gasteiger partial charge in [0.2, 0.25) is 0 Å². The summed E-state index contributed by atoms with van der Waals surface area (Å²) in [4.78, 5) is 16.0. The summed E-state index contributed by atoms with van der Waals surface area (Å²) in [5, 5.41) is 5.88. The van der Waals surface area contributed by atoms with E-state index in [9.17, 15) is 4.79 Å². The van der Waals surface area contributed by atoms with E-state index in [1.54, 1.807) is 19.3 Å². The van der Waals surface area contributed by atoms with Crippen LogP contribution in [-0.2, 0) is 0 Å². The van der Waals surface area contributed by atoms with E-state index in [-0.39, 0.29) is 5.91 Å². The number of aromatic nitrogens is 1. The summed E-state index contributed by atoms with van der Waals surface area (Å²) in [5.74, 6) is -0.120. The van der Waals surface area contributed by atoms with E-state index in [2.05, 4.69) is 31.5 Å². The summed E-state index contributed by atoms with van der Waals surface area (Å²) < 4.78 is 0.852. The summed E-state index contributed by atoms with van der Waals surface area (Å²) in [6.45, 7) is 0. The lowest BCUT2D eigenvalue weighted by molar-refractivity contribution is 0.0964. The van der Waals surface area contributed by atoms with E-state index in [0.29, 0.717) is 5.56 Å². The Hall–Kier alpha value is -1.82. The average molecular weight is 318 g/mol. The fourth-order valence-corrected chi connectivity index (χ4v) is 2.02. The van der Waals surface area contributed by atoms with Gasteiger partial charge in [-0.15, -0.1) is 0 Å². The number of hydrogen-bond donors (Lipinski definition) is 2. The number of pyridine rings is 1. The Morgan fingerprint density at radius 3 is 2.79 bits per heavy atom. The molecule has 0 spiro atoms. The second-order valence-corrected chi connectivity index (χ2v) is 4.91. The van der Waals surface area contributed by atoms with Gasteiger partial charge in [-0.2, -0.15) is 0 Å². The molecule has 2 rings (SSSR count). The van der Waals surface area contributed by atoms with Crippen LogP contribution in [0, 0.1) is 0 Å². The molecule has 1 aromatic heterocycles. The molecule has 0 saturated carbocycles. The molecule has 0 aliphatic heterocycles. The lowest BCUT2D eigenvalue weighted by atomic mass is 10.0. The maximum Gasteiger partial charge on any atom is 0.253 e. The first-order valence-corrected chi connectivity index (χ1v) is 6.61. The Bertz CT molecular complexity index is 619. The van der Waals surface area contributed by atoms with Crippen LogP contribution < -0.4 is 16.2 Å². The Morgan fingerprint density at radius 2 is 2.05 bits per heavy atom. The summed E-state index contributed by atoms with van der Waals surface area (Å²) in [6.07, 6.45) is 1.74. The molecule has 0 radical (unpaired) electrons. The molecule has 2 N–H and O–H groups in total. The highest BCUT2D eigenvalue weighted by atomic mass is 79.9. The van der Waals surface area contributed by atoms with Crippen LogP contribution in [0.3, 0.4) is 0 Å². The fraction of sp³-hybridized carbons (Fsp3) is 0.0769. The highest BCUT2D eigenvalue weighted by molar-refractivity contribution is 9.10. The zero-order valence-corrected chi connectivity index (χ0v) is 12.3. The zero-order valence-electron chi connectivity index (χ0n) is 10.7. The smallest absolute Gasteiger partial charge is 0.253 e. The van der Waals surface area contributed by atoms with Crippen LogP contribution >= 0.6 is 15.9 Å². The number of rotatable bonds is 3. The third-order valence-corrected chi connectivity index (χ3v) is 3.29. The molecule has 19 heavy (non-hydrogen) atoms.